The maximum Gasteiger partial charge on any atom is -1.00 e. The van der Waals surface area contributed by atoms with Crippen LogP contribution in [-0.2, 0) is 0 Å². The Morgan fingerprint density at radius 1 is 1.45 bits per heavy atom. The SMILES string of the molecule is N#Cc1cc[c]([Mg+])cc1Br.[Cl-]. The van der Waals surface area contributed by atoms with Crippen molar-refractivity contribution in [2.45, 2.75) is 0 Å². The molecule has 0 aliphatic rings. The standard InChI is InChI=1S/C7H3BrN.ClH.Mg/c8-7-4-2-1-3-6(7)5-9;;/h1,3-4H;1H;/q;;+1/p-1. The molecule has 11 heavy (non-hydrogen) atoms. The Balaban J connectivity index is 0.000001000. The van der Waals surface area contributed by atoms with Crippen molar-refractivity contribution in [3.8, 4) is 6.07 Å². The molecular formula is C7H3BrClMgN. The van der Waals surface area contributed by atoms with Crippen molar-refractivity contribution in [1.82, 2.24) is 0 Å². The normalized spacial score (nSPS) is 8.18. The van der Waals surface area contributed by atoms with E-state index in [4.69, 9.17) is 5.26 Å². The molecule has 0 unspecified atom stereocenters. The minimum absolute atomic E-state index is 0. The van der Waals surface area contributed by atoms with Crippen molar-refractivity contribution in [1.29, 1.82) is 5.26 Å². The van der Waals surface area contributed by atoms with Gasteiger partial charge in [0.2, 0.25) is 0 Å². The number of nitrogens with zero attached hydrogens (tertiary/aromatic N) is 1. The third-order valence-electron chi connectivity index (χ3n) is 1.15. The van der Waals surface area contributed by atoms with Gasteiger partial charge in [-0.25, -0.2) is 0 Å². The summed E-state index contributed by atoms with van der Waals surface area (Å²) in [5, 5.41) is 8.53. The third-order valence-corrected chi connectivity index (χ3v) is 2.25. The molecule has 0 saturated carbocycles. The summed E-state index contributed by atoms with van der Waals surface area (Å²) in [6.07, 6.45) is 0. The van der Waals surface area contributed by atoms with Crippen molar-refractivity contribution in [3.05, 3.63) is 28.2 Å². The predicted molar refractivity (Wildman–Crippen MR) is 44.2 cm³/mol. The minimum Gasteiger partial charge on any atom is -1.00 e. The van der Waals surface area contributed by atoms with E-state index < -0.39 is 0 Å². The number of hydrogen-bond acceptors (Lipinski definition) is 1. The van der Waals surface area contributed by atoms with Crippen LogP contribution in [0.15, 0.2) is 22.7 Å². The molecule has 0 radical (unpaired) electrons. The van der Waals surface area contributed by atoms with Gasteiger partial charge < -0.3 is 12.4 Å². The Bertz CT molecular complexity index is 295. The van der Waals surface area contributed by atoms with Crippen LogP contribution in [0.3, 0.4) is 0 Å². The predicted octanol–water partition coefficient (Wildman–Crippen LogP) is -1.88. The largest absolute Gasteiger partial charge is 1.00 e. The molecule has 52 valence electrons. The summed E-state index contributed by atoms with van der Waals surface area (Å²) in [7, 11) is 0. The molecule has 1 aromatic carbocycles. The second-order valence-corrected chi connectivity index (χ2v) is 3.60. The molecular weight excluding hydrogens is 238 g/mol. The summed E-state index contributed by atoms with van der Waals surface area (Å²) in [6, 6.07) is 7.76. The molecule has 0 heterocycles. The summed E-state index contributed by atoms with van der Waals surface area (Å²) in [5.74, 6) is 0. The Hall–Kier alpha value is 0.246. The van der Waals surface area contributed by atoms with Crippen LogP contribution in [0.5, 0.6) is 0 Å². The van der Waals surface area contributed by atoms with Gasteiger partial charge in [0.1, 0.15) is 0 Å². The number of nitriles is 1. The molecule has 0 spiro atoms. The van der Waals surface area contributed by atoms with Crippen LogP contribution in [0.2, 0.25) is 0 Å². The number of benzene rings is 1. The first-order chi connectivity index (χ1) is 4.74. The van der Waals surface area contributed by atoms with E-state index in [9.17, 15) is 0 Å². The van der Waals surface area contributed by atoms with Gasteiger partial charge in [-0.3, -0.25) is 0 Å². The van der Waals surface area contributed by atoms with Crippen LogP contribution < -0.4 is 16.1 Å². The van der Waals surface area contributed by atoms with Gasteiger partial charge in [0, 0.05) is 0 Å². The fraction of sp³-hybridized carbons (Fsp3) is 0. The fourth-order valence-electron chi connectivity index (χ4n) is 0.649. The van der Waals surface area contributed by atoms with Crippen LogP contribution in [0.4, 0.5) is 0 Å². The van der Waals surface area contributed by atoms with Crippen LogP contribution in [0, 0.1) is 11.3 Å². The summed E-state index contributed by atoms with van der Waals surface area (Å²) < 4.78 is 2.06. The first-order valence-corrected chi connectivity index (χ1v) is 4.25. The summed E-state index contributed by atoms with van der Waals surface area (Å²) >= 11 is 5.09. The van der Waals surface area contributed by atoms with E-state index in [-0.39, 0.29) is 12.4 Å². The van der Waals surface area contributed by atoms with Gasteiger partial charge >= 0.3 is 80.9 Å². The summed E-state index contributed by atoms with van der Waals surface area (Å²) in [4.78, 5) is 0. The van der Waals surface area contributed by atoms with Gasteiger partial charge in [-0.05, 0) is 0 Å². The molecule has 0 fully saturated rings. The van der Waals surface area contributed by atoms with Gasteiger partial charge in [-0.1, -0.05) is 0 Å². The zero-order valence-electron chi connectivity index (χ0n) is 5.64. The van der Waals surface area contributed by atoms with E-state index in [0.717, 1.165) is 4.47 Å². The topological polar surface area (TPSA) is 23.8 Å². The molecule has 1 nitrogen and oxygen atoms in total. The molecule has 0 bridgehead atoms. The van der Waals surface area contributed by atoms with Crippen LogP contribution in [0.25, 0.3) is 0 Å². The van der Waals surface area contributed by atoms with Gasteiger partial charge in [0.05, 0.1) is 0 Å². The van der Waals surface area contributed by atoms with Crippen LogP contribution in [-0.4, -0.2) is 21.7 Å². The fourth-order valence-corrected chi connectivity index (χ4v) is 1.78. The van der Waals surface area contributed by atoms with Gasteiger partial charge in [0.25, 0.3) is 0 Å². The van der Waals surface area contributed by atoms with E-state index in [1.807, 2.05) is 18.2 Å². The summed E-state index contributed by atoms with van der Waals surface area (Å²) in [5.41, 5.74) is 0.690. The van der Waals surface area contributed by atoms with Crippen LogP contribution in [0.1, 0.15) is 5.56 Å². The quantitative estimate of drug-likeness (QED) is 0.487. The monoisotopic (exact) mass is 239 g/mol. The van der Waals surface area contributed by atoms with E-state index in [1.165, 1.54) is 3.69 Å². The first-order valence-electron chi connectivity index (χ1n) is 2.75. The zero-order valence-corrected chi connectivity index (χ0v) is 9.40. The Morgan fingerprint density at radius 2 is 2.09 bits per heavy atom. The average Bonchev–Trinajstić information content (AvgIpc) is 1.88. The molecule has 0 amide bonds. The number of halogens is 2. The average molecular weight is 241 g/mol. The zero-order chi connectivity index (χ0) is 7.56. The number of rotatable bonds is 0. The van der Waals surface area contributed by atoms with Crippen molar-refractivity contribution >= 4 is 41.3 Å². The Labute approximate surface area is 92.8 Å². The molecule has 4 heteroatoms. The Kier molecular flexibility index (Phi) is 5.10. The van der Waals surface area contributed by atoms with E-state index in [2.05, 4.69) is 22.0 Å². The van der Waals surface area contributed by atoms with Crippen molar-refractivity contribution in [2.75, 3.05) is 0 Å². The molecule has 1 rings (SSSR count). The first kappa shape index (κ1) is 11.2. The molecule has 0 aliphatic heterocycles. The van der Waals surface area contributed by atoms with E-state index in [0.29, 0.717) is 5.56 Å². The molecule has 0 saturated heterocycles. The van der Waals surface area contributed by atoms with E-state index in [1.54, 1.807) is 21.7 Å². The molecule has 0 atom stereocenters. The van der Waals surface area contributed by atoms with Crippen molar-refractivity contribution < 1.29 is 12.4 Å². The third kappa shape index (κ3) is 3.00. The van der Waals surface area contributed by atoms with Gasteiger partial charge in [-0.2, -0.15) is 0 Å². The van der Waals surface area contributed by atoms with E-state index >= 15 is 0 Å². The van der Waals surface area contributed by atoms with Crippen molar-refractivity contribution in [3.63, 3.8) is 0 Å². The molecule has 1 aromatic rings. The number of hydrogen-bond donors (Lipinski definition) is 0. The molecule has 0 aliphatic carbocycles. The van der Waals surface area contributed by atoms with Crippen LogP contribution >= 0.6 is 15.9 Å². The maximum atomic E-state index is 8.53. The van der Waals surface area contributed by atoms with Gasteiger partial charge in [-0.15, -0.1) is 0 Å². The smallest absolute Gasteiger partial charge is 1.00 e. The van der Waals surface area contributed by atoms with Crippen molar-refractivity contribution in [2.24, 2.45) is 0 Å². The Morgan fingerprint density at radius 3 is 2.55 bits per heavy atom. The molecule has 0 N–H and O–H groups in total. The summed E-state index contributed by atoms with van der Waals surface area (Å²) in [6.45, 7) is 0. The van der Waals surface area contributed by atoms with Gasteiger partial charge in [0.15, 0.2) is 0 Å². The minimum atomic E-state index is 0. The second kappa shape index (κ2) is 4.99. The maximum absolute atomic E-state index is 8.53. The molecule has 0 aromatic heterocycles. The second-order valence-electron chi connectivity index (χ2n) is 1.93.